The van der Waals surface area contributed by atoms with Gasteiger partial charge >= 0.3 is 5.97 Å². The van der Waals surface area contributed by atoms with E-state index in [1.807, 2.05) is 84.9 Å². The number of aryl methyl sites for hydroxylation is 2. The molecule has 8 heteroatoms. The summed E-state index contributed by atoms with van der Waals surface area (Å²) in [5.74, 6) is -3.16. The average Bonchev–Trinajstić information content (AvgIpc) is 2.93. The van der Waals surface area contributed by atoms with Gasteiger partial charge in [-0.1, -0.05) is 84.9 Å². The predicted octanol–water partition coefficient (Wildman–Crippen LogP) is 4.36. The van der Waals surface area contributed by atoms with Crippen LogP contribution in [0.15, 0.2) is 84.9 Å². The summed E-state index contributed by atoms with van der Waals surface area (Å²) < 4.78 is 27.9. The van der Waals surface area contributed by atoms with E-state index in [9.17, 15) is 23.1 Å². The Morgan fingerprint density at radius 3 is 1.87 bits per heavy atom. The Morgan fingerprint density at radius 2 is 1.33 bits per heavy atom. The molecule has 0 aromatic heterocycles. The number of fused-ring (bicyclic) bond motifs is 1. The number of hydrogen-bond acceptors (Lipinski definition) is 5. The summed E-state index contributed by atoms with van der Waals surface area (Å²) in [5, 5.41) is 12.6. The van der Waals surface area contributed by atoms with E-state index in [4.69, 9.17) is 0 Å². The lowest BCUT2D eigenvalue weighted by Crippen LogP contribution is -2.55. The second kappa shape index (κ2) is 13.5. The zero-order chi connectivity index (χ0) is 27.7. The Labute approximate surface area is 230 Å². The van der Waals surface area contributed by atoms with Gasteiger partial charge in [-0.05, 0) is 67.2 Å². The Hall–Kier alpha value is -3.49. The van der Waals surface area contributed by atoms with Gasteiger partial charge < -0.3 is 10.4 Å². The third-order valence-corrected chi connectivity index (χ3v) is 8.91. The number of carboxylic acid groups (broad SMARTS) is 1. The molecule has 4 rings (SSSR count). The average molecular weight is 549 g/mol. The topological polar surface area (TPSA) is 104 Å². The number of rotatable bonds is 13. The highest BCUT2D eigenvalue weighted by Gasteiger charge is 2.39. The van der Waals surface area contributed by atoms with Gasteiger partial charge in [0.2, 0.25) is 10.0 Å². The van der Waals surface area contributed by atoms with Crippen LogP contribution in [0.1, 0.15) is 47.9 Å². The molecule has 0 unspecified atom stereocenters. The van der Waals surface area contributed by atoms with E-state index in [0.717, 1.165) is 39.4 Å². The first kappa shape index (κ1) is 28.5. The van der Waals surface area contributed by atoms with Crippen molar-refractivity contribution in [3.8, 4) is 0 Å². The van der Waals surface area contributed by atoms with E-state index in [1.54, 1.807) is 0 Å². The van der Waals surface area contributed by atoms with Crippen LogP contribution in [0.25, 0.3) is 0 Å². The number of aliphatic carboxylic acids is 1. The molecule has 3 aromatic rings. The molecule has 206 valence electrons. The highest BCUT2D eigenvalue weighted by molar-refractivity contribution is 7.90. The van der Waals surface area contributed by atoms with Crippen LogP contribution < -0.4 is 5.32 Å². The minimum Gasteiger partial charge on any atom is -0.480 e. The maximum atomic E-state index is 13.9. The number of carbonyl (C=O) groups excluding carboxylic acids is 1. The number of carboxylic acids is 1. The van der Waals surface area contributed by atoms with Crippen molar-refractivity contribution in [2.45, 2.75) is 63.6 Å². The van der Waals surface area contributed by atoms with Crippen molar-refractivity contribution in [2.75, 3.05) is 5.75 Å². The Balaban J connectivity index is 1.58. The first-order valence-electron chi connectivity index (χ1n) is 13.5. The van der Waals surface area contributed by atoms with Gasteiger partial charge in [0, 0.05) is 12.6 Å². The van der Waals surface area contributed by atoms with Gasteiger partial charge in [0.25, 0.3) is 5.91 Å². The normalized spacial score (nSPS) is 15.1. The van der Waals surface area contributed by atoms with E-state index in [0.29, 0.717) is 38.6 Å². The van der Waals surface area contributed by atoms with Crippen LogP contribution in [-0.4, -0.2) is 47.5 Å². The van der Waals surface area contributed by atoms with Crippen LogP contribution in [0.2, 0.25) is 0 Å². The molecule has 1 aliphatic rings. The van der Waals surface area contributed by atoms with Crippen molar-refractivity contribution in [2.24, 2.45) is 0 Å². The molecule has 0 aliphatic carbocycles. The van der Waals surface area contributed by atoms with E-state index in [-0.39, 0.29) is 0 Å². The van der Waals surface area contributed by atoms with Crippen molar-refractivity contribution in [1.82, 2.24) is 9.62 Å². The van der Waals surface area contributed by atoms with Crippen molar-refractivity contribution in [3.63, 3.8) is 0 Å². The van der Waals surface area contributed by atoms with Gasteiger partial charge in [-0.15, -0.1) is 0 Å². The molecular weight excluding hydrogens is 512 g/mol. The molecule has 1 amide bonds. The molecule has 1 aliphatic heterocycles. The Morgan fingerprint density at radius 1 is 0.821 bits per heavy atom. The fraction of sp³-hybridized carbons (Fsp3) is 0.355. The number of sulfonamides is 1. The fourth-order valence-electron chi connectivity index (χ4n) is 5.30. The summed E-state index contributed by atoms with van der Waals surface area (Å²) in [6.45, 7) is 0.450. The molecule has 0 spiro atoms. The largest absolute Gasteiger partial charge is 0.480 e. The monoisotopic (exact) mass is 548 g/mol. The lowest BCUT2D eigenvalue weighted by Gasteiger charge is -2.35. The van der Waals surface area contributed by atoms with Gasteiger partial charge in [-0.25, -0.2) is 12.7 Å². The van der Waals surface area contributed by atoms with Crippen LogP contribution in [0.4, 0.5) is 0 Å². The number of hydrogen-bond donors (Lipinski definition) is 2. The van der Waals surface area contributed by atoms with Gasteiger partial charge in [0.1, 0.15) is 0 Å². The Kier molecular flexibility index (Phi) is 9.90. The summed E-state index contributed by atoms with van der Waals surface area (Å²) in [5.41, 5.74) is 4.34. The molecule has 7 nitrogen and oxygen atoms in total. The molecule has 0 radical (unpaired) electrons. The standard InChI is InChI=1S/C31H36N2O5S/c34-30(35)23-39(37,38)33(31(36)29-21-26-17-7-8-18-27(26)22-32-29)28(19-9-15-24-11-3-1-4-12-24)20-10-16-25-13-5-2-6-14-25/h1-8,11-14,17-18,28-29,32H,9-10,15-16,19-23H2,(H,34,35)/t29-/m0/s1. The Bertz CT molecular complexity index is 1300. The maximum absolute atomic E-state index is 13.9. The highest BCUT2D eigenvalue weighted by atomic mass is 32.2. The van der Waals surface area contributed by atoms with Crippen LogP contribution in [0.3, 0.4) is 0 Å². The van der Waals surface area contributed by atoms with E-state index in [1.165, 1.54) is 0 Å². The lowest BCUT2D eigenvalue weighted by atomic mass is 9.94. The number of benzene rings is 3. The van der Waals surface area contributed by atoms with Gasteiger partial charge in [-0.2, -0.15) is 0 Å². The van der Waals surface area contributed by atoms with Gasteiger partial charge in [0.15, 0.2) is 5.75 Å². The third kappa shape index (κ3) is 8.00. The minimum absolute atomic E-state index is 0.356. The van der Waals surface area contributed by atoms with Crippen molar-refractivity contribution in [1.29, 1.82) is 0 Å². The zero-order valence-electron chi connectivity index (χ0n) is 22.0. The van der Waals surface area contributed by atoms with E-state index in [2.05, 4.69) is 5.32 Å². The van der Waals surface area contributed by atoms with Gasteiger partial charge in [-0.3, -0.25) is 9.59 Å². The van der Waals surface area contributed by atoms with E-state index < -0.39 is 39.7 Å². The molecule has 1 atom stereocenters. The van der Waals surface area contributed by atoms with Crippen LogP contribution in [0, 0.1) is 0 Å². The molecule has 0 saturated carbocycles. The number of nitrogens with zero attached hydrogens (tertiary/aromatic N) is 1. The number of carbonyl (C=O) groups is 2. The summed E-state index contributed by atoms with van der Waals surface area (Å²) in [6, 6.07) is 26.3. The molecule has 0 bridgehead atoms. The summed E-state index contributed by atoms with van der Waals surface area (Å²) in [7, 11) is -4.39. The maximum Gasteiger partial charge on any atom is 0.320 e. The summed E-state index contributed by atoms with van der Waals surface area (Å²) in [6.07, 6.45) is 4.10. The summed E-state index contributed by atoms with van der Waals surface area (Å²) >= 11 is 0. The van der Waals surface area contributed by atoms with E-state index >= 15 is 0 Å². The van der Waals surface area contributed by atoms with Crippen molar-refractivity contribution < 1.29 is 23.1 Å². The summed E-state index contributed by atoms with van der Waals surface area (Å²) in [4.78, 5) is 25.5. The first-order chi connectivity index (χ1) is 18.8. The van der Waals surface area contributed by atoms with Crippen LogP contribution in [-0.2, 0) is 45.4 Å². The van der Waals surface area contributed by atoms with Crippen LogP contribution in [0.5, 0.6) is 0 Å². The molecule has 2 N–H and O–H groups in total. The molecule has 0 saturated heterocycles. The highest BCUT2D eigenvalue weighted by Crippen LogP contribution is 2.25. The molecular formula is C31H36N2O5S. The lowest BCUT2D eigenvalue weighted by molar-refractivity contribution is -0.134. The minimum atomic E-state index is -4.39. The molecule has 1 heterocycles. The van der Waals surface area contributed by atoms with Crippen molar-refractivity contribution in [3.05, 3.63) is 107 Å². The second-order valence-corrected chi connectivity index (χ2v) is 11.9. The third-order valence-electron chi connectivity index (χ3n) is 7.23. The predicted molar refractivity (Wildman–Crippen MR) is 152 cm³/mol. The SMILES string of the molecule is O=C(O)CS(=O)(=O)N(C(=O)[C@@H]1Cc2ccccc2CN1)C(CCCc1ccccc1)CCCc1ccccc1. The smallest absolute Gasteiger partial charge is 0.320 e. The second-order valence-electron chi connectivity index (χ2n) is 10.1. The fourth-order valence-corrected chi connectivity index (χ4v) is 6.82. The molecule has 3 aromatic carbocycles. The van der Waals surface area contributed by atoms with Gasteiger partial charge in [0.05, 0.1) is 6.04 Å². The zero-order valence-corrected chi connectivity index (χ0v) is 22.9. The molecule has 39 heavy (non-hydrogen) atoms. The molecule has 0 fully saturated rings. The number of amides is 1. The number of nitrogens with one attached hydrogen (secondary N) is 1. The first-order valence-corrected chi connectivity index (χ1v) is 15.1. The quantitative estimate of drug-likeness (QED) is 0.329. The van der Waals surface area contributed by atoms with Crippen LogP contribution >= 0.6 is 0 Å². The van der Waals surface area contributed by atoms with Crippen molar-refractivity contribution >= 4 is 21.9 Å².